The summed E-state index contributed by atoms with van der Waals surface area (Å²) < 4.78 is 17.4. The lowest BCUT2D eigenvalue weighted by atomic mass is 9.85. The molecule has 7 rings (SSSR count). The van der Waals surface area contributed by atoms with Crippen LogP contribution in [-0.4, -0.2) is 84.1 Å². The second-order valence-electron chi connectivity index (χ2n) is 18.0. The van der Waals surface area contributed by atoms with E-state index in [4.69, 9.17) is 31.1 Å². The van der Waals surface area contributed by atoms with Crippen LogP contribution >= 0.6 is 22.9 Å². The summed E-state index contributed by atoms with van der Waals surface area (Å²) in [6, 6.07) is 28.5. The molecule has 15 heteroatoms. The van der Waals surface area contributed by atoms with Crippen LogP contribution in [0, 0.1) is 29.6 Å². The molecule has 1 aliphatic carbocycles. The monoisotopic (exact) mass is 930 g/mol. The SMILES string of the molecule is Cc1ncsc1-c1ccc(CNC(=O)[C@@H]2C[C@@H](C)CN2C(=O)[C@@H](NC(=O)COCCOc2ccc(-c3ccc(C(=O)NC4CC(Oc5ccc(C#N)c(Cl)c5)C4)cc3)cc2)C(C)(C)C)cc1. The van der Waals surface area contributed by atoms with E-state index in [9.17, 15) is 19.2 Å². The quantitative estimate of drug-likeness (QED) is 0.0779. The van der Waals surface area contributed by atoms with Crippen molar-refractivity contribution in [2.24, 2.45) is 11.3 Å². The van der Waals surface area contributed by atoms with Gasteiger partial charge in [0.05, 0.1) is 33.3 Å². The topological polar surface area (TPSA) is 172 Å². The van der Waals surface area contributed by atoms with Gasteiger partial charge in [0.15, 0.2) is 0 Å². The molecule has 1 aromatic heterocycles. The Morgan fingerprint density at radius 2 is 1.58 bits per heavy atom. The number of hydrogen-bond acceptors (Lipinski definition) is 10. The number of rotatable bonds is 17. The minimum Gasteiger partial charge on any atom is -0.491 e. The van der Waals surface area contributed by atoms with Crippen LogP contribution in [0.4, 0.5) is 0 Å². The Morgan fingerprint density at radius 3 is 2.21 bits per heavy atom. The minimum atomic E-state index is -0.870. The highest BCUT2D eigenvalue weighted by atomic mass is 35.5. The van der Waals surface area contributed by atoms with Crippen molar-refractivity contribution in [3.05, 3.63) is 124 Å². The molecule has 2 fully saturated rings. The molecule has 0 unspecified atom stereocenters. The van der Waals surface area contributed by atoms with E-state index in [1.165, 1.54) is 0 Å². The van der Waals surface area contributed by atoms with Crippen LogP contribution in [0.3, 0.4) is 0 Å². The van der Waals surface area contributed by atoms with Gasteiger partial charge in [0, 0.05) is 43.6 Å². The van der Waals surface area contributed by atoms with E-state index in [0.717, 1.165) is 32.8 Å². The zero-order valence-electron chi connectivity index (χ0n) is 37.8. The predicted molar refractivity (Wildman–Crippen MR) is 254 cm³/mol. The summed E-state index contributed by atoms with van der Waals surface area (Å²) in [4.78, 5) is 60.7. The number of nitrogens with zero attached hydrogens (tertiary/aromatic N) is 3. The van der Waals surface area contributed by atoms with Crippen LogP contribution in [0.25, 0.3) is 21.6 Å². The lowest BCUT2D eigenvalue weighted by Crippen LogP contribution is -2.58. The van der Waals surface area contributed by atoms with E-state index < -0.39 is 23.4 Å². The van der Waals surface area contributed by atoms with Gasteiger partial charge in [0.25, 0.3) is 5.91 Å². The molecule has 2 heterocycles. The first kappa shape index (κ1) is 47.7. The van der Waals surface area contributed by atoms with Crippen LogP contribution in [0.15, 0.2) is 96.5 Å². The summed E-state index contributed by atoms with van der Waals surface area (Å²) in [5.41, 5.74) is 7.05. The van der Waals surface area contributed by atoms with Gasteiger partial charge in [-0.25, -0.2) is 4.98 Å². The molecule has 0 bridgehead atoms. The largest absolute Gasteiger partial charge is 0.491 e. The summed E-state index contributed by atoms with van der Waals surface area (Å²) in [5.74, 6) is 0.245. The Bertz CT molecular complexity index is 2550. The van der Waals surface area contributed by atoms with Crippen LogP contribution in [0.2, 0.25) is 5.02 Å². The van der Waals surface area contributed by atoms with Gasteiger partial charge in [-0.1, -0.05) is 87.8 Å². The summed E-state index contributed by atoms with van der Waals surface area (Å²) in [6.07, 6.45) is 1.84. The average molecular weight is 932 g/mol. The van der Waals surface area contributed by atoms with Crippen molar-refractivity contribution in [2.75, 3.05) is 26.4 Å². The molecule has 1 saturated heterocycles. The fourth-order valence-corrected chi connectivity index (χ4v) is 9.08. The van der Waals surface area contributed by atoms with Gasteiger partial charge < -0.3 is 35.1 Å². The zero-order chi connectivity index (χ0) is 47.0. The average Bonchev–Trinajstić information content (AvgIpc) is 3.91. The van der Waals surface area contributed by atoms with Crippen molar-refractivity contribution < 1.29 is 33.4 Å². The zero-order valence-corrected chi connectivity index (χ0v) is 39.3. The molecule has 4 aromatic carbocycles. The molecule has 344 valence electrons. The van der Waals surface area contributed by atoms with Crippen molar-refractivity contribution in [3.63, 3.8) is 0 Å². The number of nitrogens with one attached hydrogen (secondary N) is 3. The molecule has 66 heavy (non-hydrogen) atoms. The Balaban J connectivity index is 0.811. The standard InChI is InChI=1S/C51H55ClN6O7S/c1-31-22-44(49(61)54-27-33-6-8-36(9-7-33)46-32(2)55-30-66-46)58(28-31)50(62)47(51(3,4)5)57-45(59)29-63-20-21-64-40-17-14-35(15-18-40)34-10-12-37(13-11-34)48(60)56-39-23-42(24-39)65-41-19-16-38(26-53)43(52)25-41/h6-19,25,30-31,39,42,44,47H,20-24,27-29H2,1-5H3,(H,54,61)(H,56,60)(H,57,59)/t31-,39?,42?,44+,47-/m1/s1. The number of hydrogen-bond donors (Lipinski definition) is 3. The smallest absolute Gasteiger partial charge is 0.251 e. The van der Waals surface area contributed by atoms with Crippen molar-refractivity contribution in [2.45, 2.75) is 84.7 Å². The first-order chi connectivity index (χ1) is 31.6. The molecule has 5 aromatic rings. The number of likely N-dealkylation sites (tertiary alicyclic amines) is 1. The van der Waals surface area contributed by atoms with Crippen molar-refractivity contribution in [1.82, 2.24) is 25.8 Å². The number of amides is 4. The second-order valence-corrected chi connectivity index (χ2v) is 19.3. The van der Waals surface area contributed by atoms with E-state index in [1.807, 2.05) is 107 Å². The van der Waals surface area contributed by atoms with Gasteiger partial charge in [-0.3, -0.25) is 19.2 Å². The summed E-state index contributed by atoms with van der Waals surface area (Å²) in [5, 5.41) is 18.4. The molecule has 1 aliphatic heterocycles. The number of carbonyl (C=O) groups excluding carboxylic acids is 4. The van der Waals surface area contributed by atoms with E-state index in [-0.39, 0.29) is 55.6 Å². The molecular formula is C51H55ClN6O7S. The minimum absolute atomic E-state index is 0.00340. The van der Waals surface area contributed by atoms with Gasteiger partial charge >= 0.3 is 0 Å². The first-order valence-electron chi connectivity index (χ1n) is 22.1. The van der Waals surface area contributed by atoms with Crippen molar-refractivity contribution in [1.29, 1.82) is 5.26 Å². The van der Waals surface area contributed by atoms with Gasteiger partial charge in [-0.15, -0.1) is 11.3 Å². The normalized spacial score (nSPS) is 18.3. The van der Waals surface area contributed by atoms with Crippen LogP contribution in [0.5, 0.6) is 11.5 Å². The molecule has 3 atom stereocenters. The van der Waals surface area contributed by atoms with E-state index >= 15 is 0 Å². The Labute approximate surface area is 394 Å². The maximum absolute atomic E-state index is 14.1. The highest BCUT2D eigenvalue weighted by Crippen LogP contribution is 2.32. The van der Waals surface area contributed by atoms with Crippen LogP contribution in [-0.2, 0) is 25.7 Å². The number of nitriles is 1. The maximum Gasteiger partial charge on any atom is 0.251 e. The summed E-state index contributed by atoms with van der Waals surface area (Å²) in [7, 11) is 0. The molecule has 3 N–H and O–H groups in total. The van der Waals surface area contributed by atoms with Crippen molar-refractivity contribution in [3.8, 4) is 39.1 Å². The highest BCUT2D eigenvalue weighted by molar-refractivity contribution is 7.13. The number of ether oxygens (including phenoxy) is 3. The molecule has 2 aliphatic rings. The lowest BCUT2D eigenvalue weighted by molar-refractivity contribution is -0.144. The van der Waals surface area contributed by atoms with Gasteiger partial charge in [-0.05, 0) is 83.3 Å². The molecule has 0 spiro atoms. The number of aryl methyl sites for hydroxylation is 1. The molecular weight excluding hydrogens is 876 g/mol. The summed E-state index contributed by atoms with van der Waals surface area (Å²) >= 11 is 7.70. The Morgan fingerprint density at radius 1 is 0.909 bits per heavy atom. The number of benzene rings is 4. The fraction of sp³-hybridized carbons (Fsp3) is 0.373. The fourth-order valence-electron chi connectivity index (χ4n) is 8.06. The predicted octanol–water partition coefficient (Wildman–Crippen LogP) is 8.13. The number of halogens is 1. The summed E-state index contributed by atoms with van der Waals surface area (Å²) in [6.45, 7) is 10.5. The van der Waals surface area contributed by atoms with Crippen LogP contribution < -0.4 is 25.4 Å². The highest BCUT2D eigenvalue weighted by Gasteiger charge is 2.44. The molecule has 4 amide bonds. The number of thiazole rings is 1. The van der Waals surface area contributed by atoms with E-state index in [1.54, 1.807) is 46.6 Å². The van der Waals surface area contributed by atoms with Gasteiger partial charge in [0.2, 0.25) is 17.7 Å². The van der Waals surface area contributed by atoms with E-state index in [0.29, 0.717) is 60.0 Å². The molecule has 0 radical (unpaired) electrons. The third-order valence-electron chi connectivity index (χ3n) is 11.8. The third-order valence-corrected chi connectivity index (χ3v) is 13.1. The number of aromatic nitrogens is 1. The molecule has 1 saturated carbocycles. The van der Waals surface area contributed by atoms with Gasteiger partial charge in [0.1, 0.15) is 49.0 Å². The van der Waals surface area contributed by atoms with E-state index in [2.05, 4.69) is 20.9 Å². The second kappa shape index (κ2) is 21.4. The molecule has 13 nitrogen and oxygen atoms in total. The number of carbonyl (C=O) groups is 4. The first-order valence-corrected chi connectivity index (χ1v) is 23.4. The van der Waals surface area contributed by atoms with Gasteiger partial charge in [-0.2, -0.15) is 5.26 Å². The Hall–Kier alpha value is -6.27. The van der Waals surface area contributed by atoms with Crippen molar-refractivity contribution >= 4 is 46.6 Å². The lowest BCUT2D eigenvalue weighted by Gasteiger charge is -2.35. The maximum atomic E-state index is 14.1. The van der Waals surface area contributed by atoms with Crippen LogP contribution in [0.1, 0.15) is 74.1 Å². The Kier molecular flexibility index (Phi) is 15.4. The third kappa shape index (κ3) is 12.1.